The molecule has 0 aromatic carbocycles. The van der Waals surface area contributed by atoms with E-state index >= 15 is 0 Å². The molecule has 0 saturated carbocycles. The van der Waals surface area contributed by atoms with Gasteiger partial charge in [0.15, 0.2) is 0 Å². The van der Waals surface area contributed by atoms with Crippen molar-refractivity contribution in [2.75, 3.05) is 12.3 Å². The van der Waals surface area contributed by atoms with E-state index in [0.717, 1.165) is 25.8 Å². The fourth-order valence-corrected chi connectivity index (χ4v) is 2.14. The zero-order chi connectivity index (χ0) is 14.6. The van der Waals surface area contributed by atoms with Crippen LogP contribution in [0.1, 0.15) is 56.2 Å². The zero-order valence-corrected chi connectivity index (χ0v) is 12.7. The van der Waals surface area contributed by atoms with E-state index in [4.69, 9.17) is 5.73 Å². The smallest absolute Gasteiger partial charge is 0.274 e. The van der Waals surface area contributed by atoms with Crippen molar-refractivity contribution in [3.8, 4) is 0 Å². The number of nitrogens with zero attached hydrogens (tertiary/aromatic N) is 3. The van der Waals surface area contributed by atoms with Gasteiger partial charge in [-0.1, -0.05) is 20.3 Å². The molecule has 5 heteroatoms. The lowest BCUT2D eigenvalue weighted by atomic mass is 10.1. The van der Waals surface area contributed by atoms with Gasteiger partial charge in [-0.25, -0.2) is 0 Å². The van der Waals surface area contributed by atoms with Crippen molar-refractivity contribution < 1.29 is 4.79 Å². The van der Waals surface area contributed by atoms with Crippen LogP contribution < -0.4 is 5.73 Å². The van der Waals surface area contributed by atoms with Crippen molar-refractivity contribution in [1.82, 2.24) is 14.7 Å². The number of rotatable bonds is 6. The second-order valence-corrected chi connectivity index (χ2v) is 5.08. The van der Waals surface area contributed by atoms with E-state index in [9.17, 15) is 4.79 Å². The molecule has 1 unspecified atom stereocenters. The first kappa shape index (κ1) is 15.5. The number of nitrogen functional groups attached to an aromatic ring is 1. The number of aromatic nitrogens is 2. The second-order valence-electron chi connectivity index (χ2n) is 5.08. The van der Waals surface area contributed by atoms with Gasteiger partial charge < -0.3 is 10.6 Å². The minimum absolute atomic E-state index is 0.0107. The molecule has 0 aliphatic carbocycles. The Balaban J connectivity index is 3.04. The van der Waals surface area contributed by atoms with Crippen LogP contribution in [0.25, 0.3) is 0 Å². The van der Waals surface area contributed by atoms with Crippen LogP contribution in [0.5, 0.6) is 0 Å². The molecule has 19 heavy (non-hydrogen) atoms. The molecular weight excluding hydrogens is 240 g/mol. The van der Waals surface area contributed by atoms with Gasteiger partial charge in [0, 0.05) is 19.6 Å². The minimum Gasteiger partial charge on any atom is -0.395 e. The lowest BCUT2D eigenvalue weighted by Gasteiger charge is -2.28. The molecule has 0 bridgehead atoms. The number of amides is 1. The van der Waals surface area contributed by atoms with Crippen LogP contribution in [0.15, 0.2) is 0 Å². The van der Waals surface area contributed by atoms with Gasteiger partial charge in [-0.3, -0.25) is 9.48 Å². The standard InChI is InChI=1S/C14H26N4O/c1-6-8-9-18(10(3)7-2)14(19)13-12(15)11(4)16-17(13)5/h10H,6-9,15H2,1-5H3. The summed E-state index contributed by atoms with van der Waals surface area (Å²) in [4.78, 5) is 14.6. The van der Waals surface area contributed by atoms with Crippen molar-refractivity contribution in [1.29, 1.82) is 0 Å². The van der Waals surface area contributed by atoms with E-state index in [1.165, 1.54) is 0 Å². The molecule has 108 valence electrons. The largest absolute Gasteiger partial charge is 0.395 e. The molecule has 1 atom stereocenters. The van der Waals surface area contributed by atoms with E-state index in [2.05, 4.69) is 25.9 Å². The number of unbranched alkanes of at least 4 members (excludes halogenated alkanes) is 1. The van der Waals surface area contributed by atoms with Gasteiger partial charge in [-0.2, -0.15) is 5.10 Å². The average molecular weight is 266 g/mol. The number of hydrogen-bond donors (Lipinski definition) is 1. The fourth-order valence-electron chi connectivity index (χ4n) is 2.14. The highest BCUT2D eigenvalue weighted by molar-refractivity contribution is 5.98. The Morgan fingerprint density at radius 3 is 2.53 bits per heavy atom. The summed E-state index contributed by atoms with van der Waals surface area (Å²) in [7, 11) is 1.77. The molecule has 1 heterocycles. The van der Waals surface area contributed by atoms with E-state index < -0.39 is 0 Å². The monoisotopic (exact) mass is 266 g/mol. The summed E-state index contributed by atoms with van der Waals surface area (Å²) in [5, 5.41) is 4.22. The summed E-state index contributed by atoms with van der Waals surface area (Å²) in [5.41, 5.74) is 7.70. The molecule has 0 radical (unpaired) electrons. The molecule has 1 amide bonds. The van der Waals surface area contributed by atoms with Gasteiger partial charge in [0.1, 0.15) is 5.69 Å². The van der Waals surface area contributed by atoms with E-state index in [0.29, 0.717) is 17.1 Å². The van der Waals surface area contributed by atoms with Gasteiger partial charge in [0.25, 0.3) is 5.91 Å². The number of aryl methyl sites for hydroxylation is 2. The maximum Gasteiger partial charge on any atom is 0.274 e. The summed E-state index contributed by atoms with van der Waals surface area (Å²) in [6, 6.07) is 0.216. The maximum absolute atomic E-state index is 12.7. The highest BCUT2D eigenvalue weighted by Crippen LogP contribution is 2.19. The number of hydrogen-bond acceptors (Lipinski definition) is 3. The van der Waals surface area contributed by atoms with Crippen molar-refractivity contribution in [2.24, 2.45) is 7.05 Å². The lowest BCUT2D eigenvalue weighted by Crippen LogP contribution is -2.40. The Bertz CT molecular complexity index is 439. The van der Waals surface area contributed by atoms with Crippen molar-refractivity contribution in [3.63, 3.8) is 0 Å². The molecule has 2 N–H and O–H groups in total. The lowest BCUT2D eigenvalue weighted by molar-refractivity contribution is 0.0675. The second kappa shape index (κ2) is 6.59. The molecule has 1 rings (SSSR count). The van der Waals surface area contributed by atoms with Gasteiger partial charge in [0.05, 0.1) is 11.4 Å². The molecule has 1 aromatic heterocycles. The Morgan fingerprint density at radius 2 is 2.11 bits per heavy atom. The summed E-state index contributed by atoms with van der Waals surface area (Å²) < 4.78 is 1.59. The predicted molar refractivity (Wildman–Crippen MR) is 78.1 cm³/mol. The molecular formula is C14H26N4O. The Hall–Kier alpha value is -1.52. The molecule has 0 spiro atoms. The highest BCUT2D eigenvalue weighted by Gasteiger charge is 2.25. The molecule has 0 saturated heterocycles. The van der Waals surface area contributed by atoms with Gasteiger partial charge in [0.2, 0.25) is 0 Å². The topological polar surface area (TPSA) is 64.2 Å². The molecule has 1 aromatic rings. The molecule has 0 fully saturated rings. The van der Waals surface area contributed by atoms with Crippen molar-refractivity contribution in [3.05, 3.63) is 11.4 Å². The van der Waals surface area contributed by atoms with Crippen molar-refractivity contribution >= 4 is 11.6 Å². The quantitative estimate of drug-likeness (QED) is 0.859. The van der Waals surface area contributed by atoms with Crippen LogP contribution in [0.4, 0.5) is 5.69 Å². The van der Waals surface area contributed by atoms with Crippen LogP contribution in [0.3, 0.4) is 0 Å². The highest BCUT2D eigenvalue weighted by atomic mass is 16.2. The van der Waals surface area contributed by atoms with E-state index in [1.54, 1.807) is 11.7 Å². The summed E-state index contributed by atoms with van der Waals surface area (Å²) in [6.45, 7) is 8.89. The first-order valence-corrected chi connectivity index (χ1v) is 7.04. The van der Waals surface area contributed by atoms with Gasteiger partial charge in [-0.15, -0.1) is 0 Å². The minimum atomic E-state index is -0.0107. The Labute approximate surface area is 115 Å². The van der Waals surface area contributed by atoms with Crippen LogP contribution in [0, 0.1) is 6.92 Å². The SMILES string of the molecule is CCCCN(C(=O)c1c(N)c(C)nn1C)C(C)CC. The number of carbonyl (C=O) groups is 1. The summed E-state index contributed by atoms with van der Waals surface area (Å²) in [5.74, 6) is -0.0107. The average Bonchev–Trinajstić information content (AvgIpc) is 2.63. The third-order valence-electron chi connectivity index (χ3n) is 3.61. The number of anilines is 1. The van der Waals surface area contributed by atoms with Crippen LogP contribution in [-0.4, -0.2) is 33.2 Å². The number of carbonyl (C=O) groups excluding carboxylic acids is 1. The van der Waals surface area contributed by atoms with Crippen molar-refractivity contribution in [2.45, 2.75) is 53.0 Å². The third-order valence-corrected chi connectivity index (χ3v) is 3.61. The van der Waals surface area contributed by atoms with Crippen LogP contribution in [0.2, 0.25) is 0 Å². The summed E-state index contributed by atoms with van der Waals surface area (Å²) >= 11 is 0. The summed E-state index contributed by atoms with van der Waals surface area (Å²) in [6.07, 6.45) is 3.01. The van der Waals surface area contributed by atoms with E-state index in [1.807, 2.05) is 11.8 Å². The Kier molecular flexibility index (Phi) is 5.39. The molecule has 0 aliphatic heterocycles. The molecule has 0 aliphatic rings. The molecule has 5 nitrogen and oxygen atoms in total. The predicted octanol–water partition coefficient (Wildman–Crippen LogP) is 2.35. The van der Waals surface area contributed by atoms with E-state index in [-0.39, 0.29) is 11.9 Å². The van der Waals surface area contributed by atoms with Gasteiger partial charge >= 0.3 is 0 Å². The zero-order valence-electron chi connectivity index (χ0n) is 12.7. The fraction of sp³-hybridized carbons (Fsp3) is 0.714. The number of nitrogens with two attached hydrogens (primary N) is 1. The maximum atomic E-state index is 12.7. The van der Waals surface area contributed by atoms with Crippen LogP contribution in [-0.2, 0) is 7.05 Å². The van der Waals surface area contributed by atoms with Crippen LogP contribution >= 0.6 is 0 Å². The normalized spacial score (nSPS) is 12.5. The van der Waals surface area contributed by atoms with Gasteiger partial charge in [-0.05, 0) is 26.7 Å². The third kappa shape index (κ3) is 3.28. The first-order valence-electron chi connectivity index (χ1n) is 7.04. The Morgan fingerprint density at radius 1 is 1.47 bits per heavy atom. The first-order chi connectivity index (χ1) is 8.93.